The van der Waals surface area contributed by atoms with E-state index in [-0.39, 0.29) is 23.2 Å². The average molecular weight is 654 g/mol. The molecule has 4 N–H and O–H groups in total. The number of fused-ring (bicyclic) bond motifs is 1. The van der Waals surface area contributed by atoms with Crippen LogP contribution in [0.4, 0.5) is 32.4 Å². The van der Waals surface area contributed by atoms with E-state index in [1.54, 1.807) is 14.2 Å². The second-order valence-electron chi connectivity index (χ2n) is 11.2. The third-order valence-electron chi connectivity index (χ3n) is 8.47. The molecule has 3 atom stereocenters. The number of benzene rings is 2. The molecule has 46 heavy (non-hydrogen) atoms. The van der Waals surface area contributed by atoms with Crippen molar-refractivity contribution in [2.45, 2.75) is 69.2 Å². The fourth-order valence-electron chi connectivity index (χ4n) is 6.25. The van der Waals surface area contributed by atoms with Crippen molar-refractivity contribution in [1.82, 2.24) is 20.2 Å². The number of amides is 2. The van der Waals surface area contributed by atoms with Gasteiger partial charge in [0, 0.05) is 48.4 Å². The van der Waals surface area contributed by atoms with Gasteiger partial charge in [0.15, 0.2) is 23.1 Å². The van der Waals surface area contributed by atoms with Crippen LogP contribution in [0.3, 0.4) is 0 Å². The summed E-state index contributed by atoms with van der Waals surface area (Å²) in [7, 11) is 3.28. The Balaban J connectivity index is 0.000000617. The van der Waals surface area contributed by atoms with Crippen LogP contribution in [-0.2, 0) is 23.2 Å². The summed E-state index contributed by atoms with van der Waals surface area (Å²) in [6, 6.07) is 9.13. The molecule has 1 saturated heterocycles. The van der Waals surface area contributed by atoms with Crippen LogP contribution in [0, 0.1) is 11.6 Å². The van der Waals surface area contributed by atoms with Gasteiger partial charge in [-0.1, -0.05) is 13.0 Å². The lowest BCUT2D eigenvalue weighted by atomic mass is 9.65. The van der Waals surface area contributed by atoms with Crippen LogP contribution in [0.25, 0.3) is 0 Å². The number of carbonyl (C=O) groups excluding carboxylic acids is 1. The number of hydrogen-bond acceptors (Lipinski definition) is 6. The number of carboxylic acid groups (broad SMARTS) is 1. The van der Waals surface area contributed by atoms with Crippen LogP contribution in [0.5, 0.6) is 11.5 Å². The summed E-state index contributed by atoms with van der Waals surface area (Å²) in [5.74, 6) is -2.36. The molecule has 1 saturated carbocycles. The highest BCUT2D eigenvalue weighted by Crippen LogP contribution is 2.50. The number of halogens is 5. The summed E-state index contributed by atoms with van der Waals surface area (Å²) in [5.41, 5.74) is 2.29. The van der Waals surface area contributed by atoms with Gasteiger partial charge in [-0.25, -0.2) is 23.4 Å². The summed E-state index contributed by atoms with van der Waals surface area (Å²) < 4.78 is 69.7. The van der Waals surface area contributed by atoms with E-state index in [4.69, 9.17) is 24.4 Å². The minimum Gasteiger partial charge on any atom is -0.493 e. The number of ether oxygens (including phenoxy) is 2. The number of alkyl halides is 3. The van der Waals surface area contributed by atoms with Crippen molar-refractivity contribution in [1.29, 1.82) is 0 Å². The van der Waals surface area contributed by atoms with E-state index in [2.05, 4.69) is 39.6 Å². The number of imidazole rings is 1. The Hall–Kier alpha value is -4.40. The first-order valence-electron chi connectivity index (χ1n) is 14.6. The van der Waals surface area contributed by atoms with E-state index in [1.165, 1.54) is 11.6 Å². The van der Waals surface area contributed by atoms with Gasteiger partial charge >= 0.3 is 18.2 Å². The maximum atomic E-state index is 13.6. The largest absolute Gasteiger partial charge is 0.493 e. The Bertz CT molecular complexity index is 1530. The van der Waals surface area contributed by atoms with Gasteiger partial charge in [-0.2, -0.15) is 13.2 Å². The monoisotopic (exact) mass is 653 g/mol. The molecule has 2 heterocycles. The fraction of sp³-hybridized carbons (Fsp3) is 0.452. The molecule has 1 aliphatic carbocycles. The molecular weight excluding hydrogens is 617 g/mol. The zero-order chi connectivity index (χ0) is 33.6. The standard InChI is InChI=1S/C29H35F2N5O3.C2HF3O2/c1-4-27-32-16-21(33-27)17-36-12-11-29(18-5-8-24(38-2)25(13-18)39-3)10-9-20(15-26(29)36)35-28(37)34-19-6-7-22(30)23(31)14-19;3-2(4,5)1(6)7/h5-8,13-14,16,20,26H,4,9-12,15,17H2,1-3H3,(H,32,33)(H2,34,35,37);(H,6,7). The number of carbonyl (C=O) groups is 2. The average Bonchev–Trinajstić information content (AvgIpc) is 3.63. The first-order valence-corrected chi connectivity index (χ1v) is 14.6. The number of likely N-dealkylation sites (tertiary alicyclic amines) is 1. The summed E-state index contributed by atoms with van der Waals surface area (Å²) in [6.07, 6.45) is 1.12. The number of hydrogen-bond donors (Lipinski definition) is 4. The van der Waals surface area contributed by atoms with Gasteiger partial charge in [0.2, 0.25) is 0 Å². The highest BCUT2D eigenvalue weighted by atomic mass is 19.4. The molecule has 0 spiro atoms. The SMILES string of the molecule is CCc1nc(CN2CCC3(c4ccc(OC)c(OC)c4)CCC(NC(=O)Nc4ccc(F)c(F)c4)CC23)c[nH]1.O=C(O)C(F)(F)F. The number of methoxy groups -OCH3 is 2. The van der Waals surface area contributed by atoms with E-state index in [0.717, 1.165) is 62.3 Å². The highest BCUT2D eigenvalue weighted by molar-refractivity contribution is 5.89. The minimum absolute atomic E-state index is 0.0837. The smallest absolute Gasteiger partial charge is 0.490 e. The third-order valence-corrected chi connectivity index (χ3v) is 8.47. The van der Waals surface area contributed by atoms with Crippen LogP contribution in [0.1, 0.15) is 49.7 Å². The lowest BCUT2D eigenvalue weighted by Crippen LogP contribution is -2.52. The zero-order valence-electron chi connectivity index (χ0n) is 25.5. The Morgan fingerprint density at radius 2 is 1.80 bits per heavy atom. The van der Waals surface area contributed by atoms with E-state index >= 15 is 0 Å². The maximum absolute atomic E-state index is 13.6. The van der Waals surface area contributed by atoms with Gasteiger partial charge in [-0.15, -0.1) is 0 Å². The molecule has 2 aromatic carbocycles. The second-order valence-corrected chi connectivity index (χ2v) is 11.2. The van der Waals surface area contributed by atoms with Gasteiger partial charge in [-0.3, -0.25) is 4.90 Å². The van der Waals surface area contributed by atoms with E-state index < -0.39 is 29.8 Å². The zero-order valence-corrected chi connectivity index (χ0v) is 25.5. The van der Waals surface area contributed by atoms with Gasteiger partial charge in [0.1, 0.15) is 5.82 Å². The summed E-state index contributed by atoms with van der Waals surface area (Å²) in [5, 5.41) is 12.8. The van der Waals surface area contributed by atoms with Crippen LogP contribution in [-0.4, -0.2) is 71.0 Å². The first-order chi connectivity index (χ1) is 21.8. The molecule has 5 rings (SSSR count). The normalized spacial score (nSPS) is 21.0. The van der Waals surface area contributed by atoms with Gasteiger partial charge < -0.3 is 30.2 Å². The molecule has 0 radical (unpaired) electrons. The number of aromatic amines is 1. The van der Waals surface area contributed by atoms with Gasteiger partial charge in [0.05, 0.1) is 19.9 Å². The number of rotatable bonds is 8. The lowest BCUT2D eigenvalue weighted by molar-refractivity contribution is -0.192. The highest BCUT2D eigenvalue weighted by Gasteiger charge is 2.52. The molecule has 250 valence electrons. The quantitative estimate of drug-likeness (QED) is 0.227. The lowest BCUT2D eigenvalue weighted by Gasteiger charge is -2.45. The molecule has 2 fully saturated rings. The fourth-order valence-corrected chi connectivity index (χ4v) is 6.25. The van der Waals surface area contributed by atoms with Crippen molar-refractivity contribution in [3.05, 3.63) is 71.3 Å². The summed E-state index contributed by atoms with van der Waals surface area (Å²) in [4.78, 5) is 32.1. The number of aliphatic carboxylic acids is 1. The van der Waals surface area contributed by atoms with Crippen molar-refractivity contribution in [3.8, 4) is 11.5 Å². The van der Waals surface area contributed by atoms with E-state index in [0.29, 0.717) is 18.0 Å². The maximum Gasteiger partial charge on any atom is 0.490 e. The summed E-state index contributed by atoms with van der Waals surface area (Å²) >= 11 is 0. The van der Waals surface area contributed by atoms with Gasteiger partial charge in [0.25, 0.3) is 0 Å². The number of anilines is 1. The van der Waals surface area contributed by atoms with Crippen molar-refractivity contribution in [2.75, 3.05) is 26.1 Å². The van der Waals surface area contributed by atoms with E-state index in [1.807, 2.05) is 12.3 Å². The molecular formula is C31H36F5N5O5. The Labute approximate surface area is 262 Å². The van der Waals surface area contributed by atoms with Crippen LogP contribution < -0.4 is 20.1 Å². The minimum atomic E-state index is -5.08. The molecule has 2 aliphatic rings. The summed E-state index contributed by atoms with van der Waals surface area (Å²) in [6.45, 7) is 3.69. The molecule has 3 unspecified atom stereocenters. The van der Waals surface area contributed by atoms with Crippen LogP contribution >= 0.6 is 0 Å². The number of H-pyrrole nitrogens is 1. The Morgan fingerprint density at radius 1 is 1.09 bits per heavy atom. The van der Waals surface area contributed by atoms with Crippen molar-refractivity contribution < 1.29 is 46.1 Å². The predicted octanol–water partition coefficient (Wildman–Crippen LogP) is 5.79. The molecule has 1 aliphatic heterocycles. The second kappa shape index (κ2) is 14.4. The molecule has 1 aromatic heterocycles. The predicted molar refractivity (Wildman–Crippen MR) is 158 cm³/mol. The van der Waals surface area contributed by atoms with E-state index in [9.17, 15) is 26.7 Å². The Kier molecular flexibility index (Phi) is 10.8. The van der Waals surface area contributed by atoms with Gasteiger partial charge in [-0.05, 0) is 62.1 Å². The van der Waals surface area contributed by atoms with Crippen molar-refractivity contribution >= 4 is 17.7 Å². The molecule has 10 nitrogen and oxygen atoms in total. The topological polar surface area (TPSA) is 129 Å². The number of aryl methyl sites for hydroxylation is 1. The number of nitrogens with zero attached hydrogens (tertiary/aromatic N) is 2. The molecule has 15 heteroatoms. The van der Waals surface area contributed by atoms with Crippen molar-refractivity contribution in [2.24, 2.45) is 0 Å². The number of aromatic nitrogens is 2. The number of urea groups is 1. The van der Waals surface area contributed by atoms with Crippen LogP contribution in [0.15, 0.2) is 42.6 Å². The third kappa shape index (κ3) is 7.87. The number of nitrogens with one attached hydrogen (secondary N) is 3. The van der Waals surface area contributed by atoms with Crippen LogP contribution in [0.2, 0.25) is 0 Å². The number of carboxylic acids is 1. The molecule has 3 aromatic rings. The molecule has 0 bridgehead atoms. The van der Waals surface area contributed by atoms with Crippen molar-refractivity contribution in [3.63, 3.8) is 0 Å². The Morgan fingerprint density at radius 3 is 2.41 bits per heavy atom. The first kappa shape index (κ1) is 34.5. The molecule has 2 amide bonds.